The summed E-state index contributed by atoms with van der Waals surface area (Å²) < 4.78 is 10.1. The lowest BCUT2D eigenvalue weighted by molar-refractivity contribution is -0.178. The van der Waals surface area contributed by atoms with Crippen molar-refractivity contribution in [1.82, 2.24) is 0 Å². The standard InChI is InChI=1S/C13H22O4/c1-9(2)7-11(14)17-13(5,6)12(15)16-8-10(3)4/h10H,1,7-8H2,2-6H3. The van der Waals surface area contributed by atoms with Gasteiger partial charge in [-0.05, 0) is 26.7 Å². The topological polar surface area (TPSA) is 52.6 Å². The number of ether oxygens (including phenoxy) is 2. The Hall–Kier alpha value is -1.32. The maximum Gasteiger partial charge on any atom is 0.350 e. The van der Waals surface area contributed by atoms with Crippen molar-refractivity contribution in [3.63, 3.8) is 0 Å². The summed E-state index contributed by atoms with van der Waals surface area (Å²) >= 11 is 0. The van der Waals surface area contributed by atoms with Gasteiger partial charge in [0.1, 0.15) is 0 Å². The van der Waals surface area contributed by atoms with Crippen LogP contribution in [0.15, 0.2) is 12.2 Å². The van der Waals surface area contributed by atoms with Crippen LogP contribution in [-0.2, 0) is 19.1 Å². The smallest absolute Gasteiger partial charge is 0.350 e. The van der Waals surface area contributed by atoms with Gasteiger partial charge < -0.3 is 9.47 Å². The van der Waals surface area contributed by atoms with Gasteiger partial charge in [-0.25, -0.2) is 4.79 Å². The number of rotatable bonds is 6. The predicted octanol–water partition coefficient (Wildman–Crippen LogP) is 2.47. The molecule has 17 heavy (non-hydrogen) atoms. The van der Waals surface area contributed by atoms with Crippen LogP contribution in [0, 0.1) is 5.92 Å². The molecule has 4 nitrogen and oxygen atoms in total. The van der Waals surface area contributed by atoms with Crippen LogP contribution in [0.4, 0.5) is 0 Å². The van der Waals surface area contributed by atoms with Crippen LogP contribution in [0.1, 0.15) is 41.0 Å². The summed E-state index contributed by atoms with van der Waals surface area (Å²) in [4.78, 5) is 23.1. The van der Waals surface area contributed by atoms with Crippen LogP contribution in [0.5, 0.6) is 0 Å². The first-order chi connectivity index (χ1) is 7.65. The number of carbonyl (C=O) groups excluding carboxylic acids is 2. The molecule has 0 saturated heterocycles. The highest BCUT2D eigenvalue weighted by Crippen LogP contribution is 2.14. The van der Waals surface area contributed by atoms with Gasteiger partial charge in [0.25, 0.3) is 0 Å². The van der Waals surface area contributed by atoms with Crippen molar-refractivity contribution in [1.29, 1.82) is 0 Å². The zero-order chi connectivity index (χ0) is 13.6. The van der Waals surface area contributed by atoms with Crippen LogP contribution in [0.25, 0.3) is 0 Å². The van der Waals surface area contributed by atoms with Crippen LogP contribution in [0.3, 0.4) is 0 Å². The summed E-state index contributed by atoms with van der Waals surface area (Å²) in [6.07, 6.45) is 0.112. The summed E-state index contributed by atoms with van der Waals surface area (Å²) in [6, 6.07) is 0. The molecule has 4 heteroatoms. The Labute approximate surface area is 103 Å². The van der Waals surface area contributed by atoms with Gasteiger partial charge in [0.2, 0.25) is 5.60 Å². The van der Waals surface area contributed by atoms with Crippen LogP contribution >= 0.6 is 0 Å². The van der Waals surface area contributed by atoms with E-state index in [4.69, 9.17) is 9.47 Å². The summed E-state index contributed by atoms with van der Waals surface area (Å²) in [5.41, 5.74) is -0.553. The maximum absolute atomic E-state index is 11.7. The lowest BCUT2D eigenvalue weighted by atomic mass is 10.1. The minimum absolute atomic E-state index is 0.112. The van der Waals surface area contributed by atoms with Crippen LogP contribution < -0.4 is 0 Å². The molecular weight excluding hydrogens is 220 g/mol. The highest BCUT2D eigenvalue weighted by Gasteiger charge is 2.33. The zero-order valence-corrected chi connectivity index (χ0v) is 11.3. The second kappa shape index (κ2) is 6.42. The predicted molar refractivity (Wildman–Crippen MR) is 65.4 cm³/mol. The maximum atomic E-state index is 11.7. The number of carbonyl (C=O) groups is 2. The molecule has 0 aliphatic heterocycles. The van der Waals surface area contributed by atoms with Gasteiger partial charge in [-0.2, -0.15) is 0 Å². The molecule has 0 spiro atoms. The number of hydrogen-bond acceptors (Lipinski definition) is 4. The minimum atomic E-state index is -1.25. The Morgan fingerprint density at radius 3 is 2.24 bits per heavy atom. The van der Waals surface area contributed by atoms with E-state index in [-0.39, 0.29) is 12.3 Å². The molecule has 0 N–H and O–H groups in total. The Morgan fingerprint density at radius 2 is 1.82 bits per heavy atom. The van der Waals surface area contributed by atoms with Crippen molar-refractivity contribution < 1.29 is 19.1 Å². The molecule has 0 amide bonds. The first kappa shape index (κ1) is 15.7. The highest BCUT2D eigenvalue weighted by molar-refractivity contribution is 5.83. The molecular formula is C13H22O4. The van der Waals surface area contributed by atoms with Crippen molar-refractivity contribution in [3.05, 3.63) is 12.2 Å². The summed E-state index contributed by atoms with van der Waals surface area (Å²) in [5.74, 6) is -0.744. The van der Waals surface area contributed by atoms with E-state index in [1.807, 2.05) is 13.8 Å². The van der Waals surface area contributed by atoms with Gasteiger partial charge in [0.05, 0.1) is 13.0 Å². The molecule has 0 bridgehead atoms. The molecule has 0 fully saturated rings. The van der Waals surface area contributed by atoms with Crippen molar-refractivity contribution in [3.8, 4) is 0 Å². The Balaban J connectivity index is 4.30. The second-order valence-electron chi connectivity index (χ2n) is 5.11. The summed E-state index contributed by atoms with van der Waals surface area (Å²) in [7, 11) is 0. The van der Waals surface area contributed by atoms with Gasteiger partial charge in [-0.15, -0.1) is 0 Å². The van der Waals surface area contributed by atoms with E-state index in [0.29, 0.717) is 12.2 Å². The van der Waals surface area contributed by atoms with Gasteiger partial charge in [0.15, 0.2) is 0 Å². The van der Waals surface area contributed by atoms with Gasteiger partial charge in [-0.1, -0.05) is 26.0 Å². The van der Waals surface area contributed by atoms with E-state index in [9.17, 15) is 9.59 Å². The Morgan fingerprint density at radius 1 is 1.29 bits per heavy atom. The zero-order valence-electron chi connectivity index (χ0n) is 11.3. The van der Waals surface area contributed by atoms with Crippen LogP contribution in [-0.4, -0.2) is 24.1 Å². The molecule has 0 aliphatic carbocycles. The molecule has 98 valence electrons. The lowest BCUT2D eigenvalue weighted by Crippen LogP contribution is -2.39. The first-order valence-corrected chi connectivity index (χ1v) is 5.68. The fourth-order valence-electron chi connectivity index (χ4n) is 1.02. The van der Waals surface area contributed by atoms with Crippen LogP contribution in [0.2, 0.25) is 0 Å². The van der Waals surface area contributed by atoms with E-state index < -0.39 is 17.5 Å². The van der Waals surface area contributed by atoms with Crippen molar-refractivity contribution >= 4 is 11.9 Å². The van der Waals surface area contributed by atoms with Gasteiger partial charge >= 0.3 is 11.9 Å². The summed E-state index contributed by atoms with van der Waals surface area (Å²) in [5, 5.41) is 0. The first-order valence-electron chi connectivity index (χ1n) is 5.68. The van der Waals surface area contributed by atoms with Gasteiger partial charge in [-0.3, -0.25) is 4.79 Å². The average molecular weight is 242 g/mol. The normalized spacial score (nSPS) is 11.2. The Bertz CT molecular complexity index is 303. The minimum Gasteiger partial charge on any atom is -0.462 e. The molecule has 0 atom stereocenters. The van der Waals surface area contributed by atoms with Gasteiger partial charge in [0, 0.05) is 0 Å². The molecule has 0 aromatic heterocycles. The molecule has 0 aromatic carbocycles. The molecule has 0 radical (unpaired) electrons. The summed E-state index contributed by atoms with van der Waals surface area (Å²) in [6.45, 7) is 12.6. The van der Waals surface area contributed by atoms with E-state index in [1.54, 1.807) is 6.92 Å². The third kappa shape index (κ3) is 6.76. The SMILES string of the molecule is C=C(C)CC(=O)OC(C)(C)C(=O)OCC(C)C. The molecule has 0 aromatic rings. The van der Waals surface area contributed by atoms with E-state index in [1.165, 1.54) is 13.8 Å². The fraction of sp³-hybridized carbons (Fsp3) is 0.692. The van der Waals surface area contributed by atoms with Crippen molar-refractivity contribution in [2.45, 2.75) is 46.6 Å². The molecule has 0 aliphatic rings. The third-order valence-electron chi connectivity index (χ3n) is 1.85. The van der Waals surface area contributed by atoms with E-state index in [0.717, 1.165) is 0 Å². The number of esters is 2. The largest absolute Gasteiger partial charge is 0.462 e. The fourth-order valence-corrected chi connectivity index (χ4v) is 1.02. The second-order valence-corrected chi connectivity index (χ2v) is 5.11. The van der Waals surface area contributed by atoms with Crippen molar-refractivity contribution in [2.24, 2.45) is 5.92 Å². The van der Waals surface area contributed by atoms with E-state index >= 15 is 0 Å². The molecule has 0 heterocycles. The molecule has 0 unspecified atom stereocenters. The molecule has 0 rings (SSSR count). The quantitative estimate of drug-likeness (QED) is 0.530. The van der Waals surface area contributed by atoms with Crippen molar-refractivity contribution in [2.75, 3.05) is 6.61 Å². The highest BCUT2D eigenvalue weighted by atomic mass is 16.6. The monoisotopic (exact) mass is 242 g/mol. The van der Waals surface area contributed by atoms with E-state index in [2.05, 4.69) is 6.58 Å². The third-order valence-corrected chi connectivity index (χ3v) is 1.85. The Kier molecular flexibility index (Phi) is 5.93. The average Bonchev–Trinajstić information content (AvgIpc) is 2.11. The number of hydrogen-bond donors (Lipinski definition) is 0. The molecule has 0 saturated carbocycles. The lowest BCUT2D eigenvalue weighted by Gasteiger charge is -2.23.